The average Bonchev–Trinajstić information content (AvgIpc) is 3.00. The summed E-state index contributed by atoms with van der Waals surface area (Å²) in [5.41, 5.74) is 2.39. The first-order chi connectivity index (χ1) is 11.0. The lowest BCUT2D eigenvalue weighted by atomic mass is 9.78. The Balaban J connectivity index is 1.97. The van der Waals surface area contributed by atoms with Gasteiger partial charge in [-0.3, -0.25) is 4.79 Å². The third-order valence-electron chi connectivity index (χ3n) is 4.67. The van der Waals surface area contributed by atoms with Gasteiger partial charge in [0.05, 0.1) is 11.6 Å². The lowest BCUT2D eigenvalue weighted by Gasteiger charge is -2.39. The van der Waals surface area contributed by atoms with Gasteiger partial charge in [0.25, 0.3) is 5.91 Å². The van der Waals surface area contributed by atoms with Crippen molar-refractivity contribution >= 4 is 11.5 Å². The summed E-state index contributed by atoms with van der Waals surface area (Å²) >= 11 is 0. The van der Waals surface area contributed by atoms with Crippen molar-refractivity contribution in [2.24, 2.45) is 0 Å². The van der Waals surface area contributed by atoms with E-state index in [1.54, 1.807) is 6.07 Å². The van der Waals surface area contributed by atoms with E-state index in [4.69, 9.17) is 9.47 Å². The number of rotatable bonds is 1. The maximum atomic E-state index is 12.6. The van der Waals surface area contributed by atoms with E-state index in [9.17, 15) is 20.1 Å². The number of nitrogens with one attached hydrogen (secondary N) is 1. The third-order valence-corrected chi connectivity index (χ3v) is 4.67. The van der Waals surface area contributed by atoms with Crippen molar-refractivity contribution in [1.29, 1.82) is 0 Å². The van der Waals surface area contributed by atoms with E-state index in [0.717, 1.165) is 5.56 Å². The van der Waals surface area contributed by atoms with E-state index >= 15 is 0 Å². The van der Waals surface area contributed by atoms with E-state index in [2.05, 4.69) is 5.32 Å². The smallest absolute Gasteiger partial charge is 0.252 e. The molecule has 0 saturated heterocycles. The molecule has 4 N–H and O–H groups in total. The van der Waals surface area contributed by atoms with Crippen LogP contribution in [0.5, 0.6) is 11.5 Å². The van der Waals surface area contributed by atoms with Crippen LogP contribution in [0, 0.1) is 0 Å². The molecule has 2 heterocycles. The van der Waals surface area contributed by atoms with Crippen LogP contribution in [0.15, 0.2) is 12.1 Å². The zero-order valence-corrected chi connectivity index (χ0v) is 12.4. The van der Waals surface area contributed by atoms with Gasteiger partial charge in [0.2, 0.25) is 6.79 Å². The van der Waals surface area contributed by atoms with Crippen LogP contribution in [0.4, 0.5) is 0 Å². The van der Waals surface area contributed by atoms with E-state index in [-0.39, 0.29) is 12.7 Å². The Morgan fingerprint density at radius 2 is 2.04 bits per heavy atom. The van der Waals surface area contributed by atoms with Crippen LogP contribution in [0.3, 0.4) is 0 Å². The number of fused-ring (bicyclic) bond motifs is 4. The minimum Gasteiger partial charge on any atom is -0.454 e. The largest absolute Gasteiger partial charge is 0.454 e. The van der Waals surface area contributed by atoms with Gasteiger partial charge in [-0.1, -0.05) is 6.92 Å². The first-order valence-electron chi connectivity index (χ1n) is 7.55. The van der Waals surface area contributed by atoms with Crippen molar-refractivity contribution < 1.29 is 29.6 Å². The Labute approximate surface area is 132 Å². The fourth-order valence-electron chi connectivity index (χ4n) is 3.54. The van der Waals surface area contributed by atoms with Crippen LogP contribution in [0.1, 0.15) is 28.4 Å². The summed E-state index contributed by atoms with van der Waals surface area (Å²) in [4.78, 5) is 12.6. The molecule has 0 aromatic heterocycles. The summed E-state index contributed by atoms with van der Waals surface area (Å²) in [5.74, 6) is 0.780. The summed E-state index contributed by atoms with van der Waals surface area (Å²) in [6, 6.07) is 0.935. The van der Waals surface area contributed by atoms with E-state index in [1.165, 1.54) is 6.08 Å². The molecule has 7 nitrogen and oxygen atoms in total. The molecule has 0 bridgehead atoms. The topological polar surface area (TPSA) is 108 Å². The minimum absolute atomic E-state index is 0.0965. The molecule has 4 atom stereocenters. The molecule has 1 aliphatic carbocycles. The second-order valence-electron chi connectivity index (χ2n) is 5.91. The van der Waals surface area contributed by atoms with Gasteiger partial charge in [-0.15, -0.1) is 0 Å². The molecule has 0 radical (unpaired) electrons. The number of carbonyl (C=O) groups is 1. The first kappa shape index (κ1) is 14.5. The number of ether oxygens (including phenoxy) is 2. The van der Waals surface area contributed by atoms with Gasteiger partial charge in [-0.25, -0.2) is 0 Å². The van der Waals surface area contributed by atoms with Crippen molar-refractivity contribution in [3.05, 3.63) is 28.8 Å². The van der Waals surface area contributed by atoms with Gasteiger partial charge in [0.1, 0.15) is 18.3 Å². The highest BCUT2D eigenvalue weighted by atomic mass is 16.7. The number of hydrogen-bond acceptors (Lipinski definition) is 6. The lowest BCUT2D eigenvalue weighted by Crippen LogP contribution is -2.57. The number of aliphatic hydroxyl groups excluding tert-OH is 3. The SMILES string of the molecule is CCc1c2c(cc3c1C(=O)N[C@@H]1C3=C[C@H](O)[C@@H](O)[C@H]1O)OCO2. The highest BCUT2D eigenvalue weighted by Gasteiger charge is 2.44. The molecule has 0 spiro atoms. The normalized spacial score (nSPS) is 31.1. The molecular weight excluding hydrogens is 302 g/mol. The highest BCUT2D eigenvalue weighted by Crippen LogP contribution is 2.45. The van der Waals surface area contributed by atoms with Gasteiger partial charge in [0, 0.05) is 5.56 Å². The number of aliphatic hydroxyl groups is 3. The molecule has 0 unspecified atom stereocenters. The maximum absolute atomic E-state index is 12.6. The Hall–Kier alpha value is -2.09. The Kier molecular flexibility index (Phi) is 3.12. The number of benzene rings is 1. The molecule has 1 amide bonds. The molecular formula is C16H17NO6. The van der Waals surface area contributed by atoms with Gasteiger partial charge in [-0.2, -0.15) is 0 Å². The first-order valence-corrected chi connectivity index (χ1v) is 7.55. The monoisotopic (exact) mass is 319 g/mol. The molecule has 122 valence electrons. The standard InChI is InChI=1S/C16H17NO6/c1-2-6-11-7(4-10-15(6)23-5-22-10)8-3-9(18)13(19)14(20)12(8)17-16(11)21/h3-4,9,12-14,18-20H,2,5H2,1H3,(H,17,21)/t9-,12+,13+,14-/m0/s1. The van der Waals surface area contributed by atoms with Crippen LogP contribution >= 0.6 is 0 Å². The van der Waals surface area contributed by atoms with Crippen LogP contribution in [0.25, 0.3) is 5.57 Å². The molecule has 23 heavy (non-hydrogen) atoms. The molecule has 2 aliphatic heterocycles. The van der Waals surface area contributed by atoms with Gasteiger partial charge >= 0.3 is 0 Å². The summed E-state index contributed by atoms with van der Waals surface area (Å²) < 4.78 is 10.9. The summed E-state index contributed by atoms with van der Waals surface area (Å²) in [6.45, 7) is 2.01. The zero-order chi connectivity index (χ0) is 16.3. The van der Waals surface area contributed by atoms with Crippen LogP contribution in [-0.2, 0) is 6.42 Å². The molecule has 4 rings (SSSR count). The van der Waals surface area contributed by atoms with Crippen LogP contribution in [0.2, 0.25) is 0 Å². The van der Waals surface area contributed by atoms with Crippen molar-refractivity contribution in [2.45, 2.75) is 37.7 Å². The van der Waals surface area contributed by atoms with E-state index in [0.29, 0.717) is 34.6 Å². The fourth-order valence-corrected chi connectivity index (χ4v) is 3.54. The molecule has 1 aromatic carbocycles. The van der Waals surface area contributed by atoms with Gasteiger partial charge in [-0.05, 0) is 29.7 Å². The minimum atomic E-state index is -1.34. The third kappa shape index (κ3) is 1.90. The zero-order valence-electron chi connectivity index (χ0n) is 12.4. The molecule has 7 heteroatoms. The predicted octanol–water partition coefficient (Wildman–Crippen LogP) is -0.431. The van der Waals surface area contributed by atoms with Gasteiger partial charge in [0.15, 0.2) is 11.5 Å². The second-order valence-corrected chi connectivity index (χ2v) is 5.91. The van der Waals surface area contributed by atoms with Crippen LogP contribution in [-0.4, -0.2) is 52.4 Å². The average molecular weight is 319 g/mol. The quantitative estimate of drug-likeness (QED) is 0.559. The lowest BCUT2D eigenvalue weighted by molar-refractivity contribution is -0.0535. The summed E-state index contributed by atoms with van der Waals surface area (Å²) in [7, 11) is 0. The summed E-state index contributed by atoms with van der Waals surface area (Å²) in [6.07, 6.45) is -1.77. The highest BCUT2D eigenvalue weighted by molar-refractivity contribution is 6.06. The molecule has 1 aromatic rings. The number of amides is 1. The maximum Gasteiger partial charge on any atom is 0.252 e. The van der Waals surface area contributed by atoms with E-state index < -0.39 is 24.4 Å². The van der Waals surface area contributed by atoms with Crippen molar-refractivity contribution in [3.8, 4) is 11.5 Å². The van der Waals surface area contributed by atoms with Gasteiger partial charge < -0.3 is 30.1 Å². The molecule has 0 fully saturated rings. The van der Waals surface area contributed by atoms with Crippen molar-refractivity contribution in [1.82, 2.24) is 5.32 Å². The predicted molar refractivity (Wildman–Crippen MR) is 79.2 cm³/mol. The Bertz CT molecular complexity index is 728. The van der Waals surface area contributed by atoms with Crippen molar-refractivity contribution in [2.75, 3.05) is 6.79 Å². The van der Waals surface area contributed by atoms with Crippen LogP contribution < -0.4 is 14.8 Å². The fraction of sp³-hybridized carbons (Fsp3) is 0.438. The Morgan fingerprint density at radius 3 is 2.78 bits per heavy atom. The number of hydrogen-bond donors (Lipinski definition) is 4. The van der Waals surface area contributed by atoms with E-state index in [1.807, 2.05) is 6.92 Å². The second kappa shape index (κ2) is 4.95. The molecule has 0 saturated carbocycles. The number of carbonyl (C=O) groups excluding carboxylic acids is 1. The molecule has 3 aliphatic rings. The van der Waals surface area contributed by atoms with Crippen molar-refractivity contribution in [3.63, 3.8) is 0 Å². The Morgan fingerprint density at radius 1 is 1.26 bits per heavy atom. The summed E-state index contributed by atoms with van der Waals surface area (Å²) in [5, 5.41) is 32.7.